The summed E-state index contributed by atoms with van der Waals surface area (Å²) in [6.45, 7) is -3.07. The Morgan fingerprint density at radius 3 is 2.50 bits per heavy atom. The number of alkyl halides is 2. The zero-order valence-corrected chi connectivity index (χ0v) is 11.4. The van der Waals surface area contributed by atoms with E-state index in [1.807, 2.05) is 0 Å². The second-order valence-corrected chi connectivity index (χ2v) is 3.34. The molecule has 1 aromatic carbocycles. The number of halogens is 2. The molecule has 1 unspecified atom stereocenters. The fourth-order valence-corrected chi connectivity index (χ4v) is 1.43. The molecular weight excluding hydrogens is 253 g/mol. The van der Waals surface area contributed by atoms with E-state index in [4.69, 9.17) is 4.74 Å². The summed E-state index contributed by atoms with van der Waals surface area (Å²) in [5.41, 5.74) is 0. The molecule has 0 aliphatic rings. The first-order valence-corrected chi connectivity index (χ1v) is 4.84. The molecule has 0 N–H and O–H groups in total. The van der Waals surface area contributed by atoms with Crippen molar-refractivity contribution in [1.82, 2.24) is 0 Å². The van der Waals surface area contributed by atoms with Crippen molar-refractivity contribution in [3.63, 3.8) is 0 Å². The van der Waals surface area contributed by atoms with Crippen molar-refractivity contribution in [2.24, 2.45) is 0 Å². The third-order valence-corrected chi connectivity index (χ3v) is 2.22. The van der Waals surface area contributed by atoms with Crippen LogP contribution < -0.4 is 39.0 Å². The van der Waals surface area contributed by atoms with Crippen LogP contribution in [-0.4, -0.2) is 22.5 Å². The minimum absolute atomic E-state index is 0. The third-order valence-electron chi connectivity index (χ3n) is 1.55. The van der Waals surface area contributed by atoms with Crippen LogP contribution in [0.1, 0.15) is 0 Å². The molecule has 0 radical (unpaired) electrons. The first-order valence-electron chi connectivity index (χ1n) is 3.76. The van der Waals surface area contributed by atoms with E-state index >= 15 is 0 Å². The van der Waals surface area contributed by atoms with Crippen molar-refractivity contribution in [2.75, 3.05) is 7.11 Å². The average molecular weight is 260 g/mol. The van der Waals surface area contributed by atoms with E-state index in [-0.39, 0.29) is 40.2 Å². The first-order chi connectivity index (χ1) is 7.04. The predicted molar refractivity (Wildman–Crippen MR) is 46.8 cm³/mol. The second-order valence-electron chi connectivity index (χ2n) is 2.43. The van der Waals surface area contributed by atoms with Crippen molar-refractivity contribution < 1.29 is 56.6 Å². The molecular formula is C8H7F2NaO4S. The quantitative estimate of drug-likeness (QED) is 0.490. The van der Waals surface area contributed by atoms with E-state index in [0.29, 0.717) is 0 Å². The molecule has 0 saturated heterocycles. The summed E-state index contributed by atoms with van der Waals surface area (Å²) in [5, 5.41) is 0. The normalized spacial score (nSPS) is 11.8. The van der Waals surface area contributed by atoms with Crippen molar-refractivity contribution in [3.8, 4) is 11.5 Å². The minimum atomic E-state index is -3.07. The number of ether oxygens (including phenoxy) is 2. The number of rotatable bonds is 4. The maximum Gasteiger partial charge on any atom is 1.00 e. The molecule has 16 heavy (non-hydrogen) atoms. The molecule has 0 saturated carbocycles. The molecule has 8 heteroatoms. The number of hydrogen-bond donors (Lipinski definition) is 0. The number of hydrogen-bond acceptors (Lipinski definition) is 4. The van der Waals surface area contributed by atoms with E-state index in [0.717, 1.165) is 12.1 Å². The van der Waals surface area contributed by atoms with Gasteiger partial charge in [0.05, 0.1) is 12.0 Å². The van der Waals surface area contributed by atoms with Crippen molar-refractivity contribution >= 4 is 11.1 Å². The fraction of sp³-hybridized carbons (Fsp3) is 0.250. The topological polar surface area (TPSA) is 58.6 Å². The van der Waals surface area contributed by atoms with Gasteiger partial charge in [-0.05, 0) is 29.3 Å². The van der Waals surface area contributed by atoms with Gasteiger partial charge in [0.1, 0.15) is 11.5 Å². The standard InChI is InChI=1S/C8H8F2O4S.Na/c1-13-5-2-3-6(14-8(9)10)7(4-5)15(11)12;/h2-4,8H,1H3,(H,11,12);/q;+1/p-1. The zero-order chi connectivity index (χ0) is 11.4. The Labute approximate surface area is 116 Å². The second kappa shape index (κ2) is 7.18. The molecule has 0 amide bonds. The Balaban J connectivity index is 0.00000225. The Morgan fingerprint density at radius 1 is 1.44 bits per heavy atom. The van der Waals surface area contributed by atoms with E-state index in [1.165, 1.54) is 13.2 Å². The summed E-state index contributed by atoms with van der Waals surface area (Å²) in [7, 11) is 1.33. The van der Waals surface area contributed by atoms with Gasteiger partial charge < -0.3 is 14.0 Å². The van der Waals surface area contributed by atoms with E-state index in [1.54, 1.807) is 0 Å². The number of methoxy groups -OCH3 is 1. The van der Waals surface area contributed by atoms with E-state index in [9.17, 15) is 17.5 Å². The summed E-state index contributed by atoms with van der Waals surface area (Å²) in [6.07, 6.45) is 0. The molecule has 84 valence electrons. The number of benzene rings is 1. The Hall–Kier alpha value is -0.210. The molecule has 0 fully saturated rings. The van der Waals surface area contributed by atoms with Gasteiger partial charge in [-0.25, -0.2) is 0 Å². The van der Waals surface area contributed by atoms with Gasteiger partial charge in [-0.2, -0.15) is 8.78 Å². The maximum absolute atomic E-state index is 11.9. The fourth-order valence-electron chi connectivity index (χ4n) is 0.939. The molecule has 0 aromatic heterocycles. The Bertz CT molecular complexity index is 375. The van der Waals surface area contributed by atoms with Crippen LogP contribution >= 0.6 is 0 Å². The van der Waals surface area contributed by atoms with Crippen molar-refractivity contribution in [2.45, 2.75) is 11.5 Å². The molecule has 0 aliphatic heterocycles. The average Bonchev–Trinajstić information content (AvgIpc) is 2.17. The maximum atomic E-state index is 11.9. The summed E-state index contributed by atoms with van der Waals surface area (Å²) in [4.78, 5) is -0.366. The van der Waals surface area contributed by atoms with Gasteiger partial charge in [-0.1, -0.05) is 0 Å². The largest absolute Gasteiger partial charge is 1.00 e. The van der Waals surface area contributed by atoms with Gasteiger partial charge in [0.2, 0.25) is 0 Å². The smallest absolute Gasteiger partial charge is 0.768 e. The van der Waals surface area contributed by atoms with Gasteiger partial charge in [0.15, 0.2) is 0 Å². The van der Waals surface area contributed by atoms with E-state index < -0.39 is 23.4 Å². The Morgan fingerprint density at radius 2 is 2.06 bits per heavy atom. The van der Waals surface area contributed by atoms with Crippen LogP contribution in [-0.2, 0) is 11.1 Å². The van der Waals surface area contributed by atoms with Gasteiger partial charge >= 0.3 is 36.2 Å². The monoisotopic (exact) mass is 260 g/mol. The van der Waals surface area contributed by atoms with Crippen molar-refractivity contribution in [3.05, 3.63) is 18.2 Å². The molecule has 1 rings (SSSR count). The molecule has 0 bridgehead atoms. The molecule has 0 spiro atoms. The summed E-state index contributed by atoms with van der Waals surface area (Å²) in [5.74, 6) is -0.157. The van der Waals surface area contributed by atoms with E-state index in [2.05, 4.69) is 4.74 Å². The molecule has 0 aliphatic carbocycles. The van der Waals surface area contributed by atoms with Crippen LogP contribution in [0, 0.1) is 0 Å². The van der Waals surface area contributed by atoms with Gasteiger partial charge in [-0.3, -0.25) is 4.21 Å². The van der Waals surface area contributed by atoms with Crippen LogP contribution in [0.25, 0.3) is 0 Å². The van der Waals surface area contributed by atoms with Crippen LogP contribution in [0.4, 0.5) is 8.78 Å². The molecule has 0 heterocycles. The van der Waals surface area contributed by atoms with Gasteiger partial charge in [0.25, 0.3) is 0 Å². The predicted octanol–water partition coefficient (Wildman–Crippen LogP) is -1.46. The van der Waals surface area contributed by atoms with Crippen LogP contribution in [0.2, 0.25) is 0 Å². The minimum Gasteiger partial charge on any atom is -0.768 e. The Kier molecular flexibility index (Phi) is 7.09. The van der Waals surface area contributed by atoms with Crippen LogP contribution in [0.3, 0.4) is 0 Å². The zero-order valence-electron chi connectivity index (χ0n) is 8.61. The molecule has 1 aromatic rings. The summed E-state index contributed by atoms with van der Waals surface area (Å²) < 4.78 is 53.9. The van der Waals surface area contributed by atoms with Crippen LogP contribution in [0.15, 0.2) is 23.1 Å². The molecule has 4 nitrogen and oxygen atoms in total. The van der Waals surface area contributed by atoms with Gasteiger partial charge in [-0.15, -0.1) is 0 Å². The summed E-state index contributed by atoms with van der Waals surface area (Å²) in [6, 6.07) is 3.53. The third kappa shape index (κ3) is 4.34. The van der Waals surface area contributed by atoms with Crippen molar-refractivity contribution in [1.29, 1.82) is 0 Å². The summed E-state index contributed by atoms with van der Waals surface area (Å²) >= 11 is -2.66. The SMILES string of the molecule is COc1ccc(OC(F)F)c(S(=O)[O-])c1.[Na+]. The first kappa shape index (κ1) is 15.8. The van der Waals surface area contributed by atoms with Gasteiger partial charge in [0, 0.05) is 0 Å². The molecule has 1 atom stereocenters. The van der Waals surface area contributed by atoms with Crippen LogP contribution in [0.5, 0.6) is 11.5 Å².